The molecule has 0 saturated heterocycles. The van der Waals surface area contributed by atoms with Gasteiger partial charge in [0.15, 0.2) is 0 Å². The number of imidazole rings is 1. The van der Waals surface area contributed by atoms with E-state index in [2.05, 4.69) is 79.0 Å². The Bertz CT molecular complexity index is 597. The first-order chi connectivity index (χ1) is 9.38. The van der Waals surface area contributed by atoms with Gasteiger partial charge in [0, 0.05) is 32.0 Å². The first-order valence-corrected chi connectivity index (χ1v) is 6.99. The second kappa shape index (κ2) is 5.57. The molecule has 1 aromatic carbocycles. The Morgan fingerprint density at radius 2 is 1.90 bits per heavy atom. The summed E-state index contributed by atoms with van der Waals surface area (Å²) in [5, 5.41) is 3.39. The molecule has 2 rings (SSSR count). The molecule has 0 aliphatic heterocycles. The van der Waals surface area contributed by atoms with Crippen LogP contribution in [0.3, 0.4) is 0 Å². The number of rotatable bonds is 4. The largest absolute Gasteiger partial charge is 0.377 e. The summed E-state index contributed by atoms with van der Waals surface area (Å²) in [6.07, 6.45) is 2.06. The first kappa shape index (κ1) is 14.4. The molecule has 2 aromatic rings. The third-order valence-corrected chi connectivity index (χ3v) is 3.20. The molecule has 4 nitrogen and oxygen atoms in total. The summed E-state index contributed by atoms with van der Waals surface area (Å²) < 4.78 is 2.11. The molecule has 0 saturated carbocycles. The maximum absolute atomic E-state index is 4.56. The number of nitrogens with zero attached hydrogens (tertiary/aromatic N) is 3. The molecule has 0 spiro atoms. The molecule has 1 aromatic heterocycles. The van der Waals surface area contributed by atoms with E-state index in [1.54, 1.807) is 0 Å². The van der Waals surface area contributed by atoms with Gasteiger partial charge in [-0.2, -0.15) is 0 Å². The fourth-order valence-corrected chi connectivity index (χ4v) is 2.28. The highest BCUT2D eigenvalue weighted by atomic mass is 15.2. The van der Waals surface area contributed by atoms with Crippen LogP contribution in [-0.4, -0.2) is 29.7 Å². The number of benzene rings is 1. The first-order valence-electron chi connectivity index (χ1n) is 6.99. The van der Waals surface area contributed by atoms with E-state index in [0.29, 0.717) is 6.04 Å². The lowest BCUT2D eigenvalue weighted by atomic mass is 10.1. The van der Waals surface area contributed by atoms with Gasteiger partial charge >= 0.3 is 0 Å². The third kappa shape index (κ3) is 2.95. The van der Waals surface area contributed by atoms with Crippen molar-refractivity contribution in [1.82, 2.24) is 9.55 Å². The highest BCUT2D eigenvalue weighted by molar-refractivity contribution is 5.59. The molecule has 1 heterocycles. The van der Waals surface area contributed by atoms with Gasteiger partial charge in [0.2, 0.25) is 5.95 Å². The van der Waals surface area contributed by atoms with Gasteiger partial charge in [-0.05, 0) is 45.4 Å². The van der Waals surface area contributed by atoms with Crippen molar-refractivity contribution in [2.45, 2.75) is 33.7 Å². The molecule has 0 unspecified atom stereocenters. The van der Waals surface area contributed by atoms with Gasteiger partial charge in [-0.1, -0.05) is 6.07 Å². The zero-order valence-electron chi connectivity index (χ0n) is 13.2. The Labute approximate surface area is 121 Å². The van der Waals surface area contributed by atoms with Gasteiger partial charge in [-0.3, -0.25) is 4.57 Å². The fraction of sp³-hybridized carbons (Fsp3) is 0.438. The number of hydrogen-bond acceptors (Lipinski definition) is 3. The monoisotopic (exact) mass is 272 g/mol. The minimum absolute atomic E-state index is 0.356. The minimum atomic E-state index is 0.356. The molecular formula is C16H24N4. The van der Waals surface area contributed by atoms with Gasteiger partial charge in [-0.25, -0.2) is 4.98 Å². The summed E-state index contributed by atoms with van der Waals surface area (Å²) >= 11 is 0. The van der Waals surface area contributed by atoms with Crippen molar-refractivity contribution in [3.63, 3.8) is 0 Å². The van der Waals surface area contributed by atoms with Crippen LogP contribution < -0.4 is 10.2 Å². The Morgan fingerprint density at radius 3 is 2.50 bits per heavy atom. The smallest absolute Gasteiger partial charge is 0.207 e. The van der Waals surface area contributed by atoms with Crippen LogP contribution in [0.4, 0.5) is 11.6 Å². The van der Waals surface area contributed by atoms with Gasteiger partial charge in [-0.15, -0.1) is 0 Å². The normalized spacial score (nSPS) is 10.9. The Hall–Kier alpha value is -1.97. The number of aryl methyl sites for hydroxylation is 2. The average Bonchev–Trinajstić information content (AvgIpc) is 2.69. The molecule has 0 aliphatic carbocycles. The van der Waals surface area contributed by atoms with E-state index >= 15 is 0 Å². The van der Waals surface area contributed by atoms with Crippen molar-refractivity contribution in [3.8, 4) is 5.69 Å². The SMILES string of the molecule is Cc1cn(-c2ccc(C)c(N(C)C)c2)c(NC(C)C)n1. The van der Waals surface area contributed by atoms with E-state index in [-0.39, 0.29) is 0 Å². The third-order valence-electron chi connectivity index (χ3n) is 3.20. The van der Waals surface area contributed by atoms with Crippen LogP contribution >= 0.6 is 0 Å². The molecule has 0 atom stereocenters. The zero-order chi connectivity index (χ0) is 14.9. The van der Waals surface area contributed by atoms with Gasteiger partial charge < -0.3 is 10.2 Å². The molecule has 0 radical (unpaired) electrons. The maximum atomic E-state index is 4.56. The van der Waals surface area contributed by atoms with Crippen molar-refractivity contribution in [2.75, 3.05) is 24.3 Å². The topological polar surface area (TPSA) is 33.1 Å². The van der Waals surface area contributed by atoms with Crippen molar-refractivity contribution < 1.29 is 0 Å². The van der Waals surface area contributed by atoms with E-state index in [1.165, 1.54) is 11.3 Å². The zero-order valence-corrected chi connectivity index (χ0v) is 13.2. The molecule has 0 amide bonds. The summed E-state index contributed by atoms with van der Waals surface area (Å²) in [4.78, 5) is 6.70. The van der Waals surface area contributed by atoms with Crippen molar-refractivity contribution >= 4 is 11.6 Å². The van der Waals surface area contributed by atoms with Crippen LogP contribution in [0.2, 0.25) is 0 Å². The van der Waals surface area contributed by atoms with E-state index < -0.39 is 0 Å². The summed E-state index contributed by atoms with van der Waals surface area (Å²) in [6.45, 7) is 8.39. The number of hydrogen-bond donors (Lipinski definition) is 1. The van der Waals surface area contributed by atoms with Crippen LogP contribution in [0.1, 0.15) is 25.1 Å². The molecule has 0 fully saturated rings. The van der Waals surface area contributed by atoms with Crippen LogP contribution in [0.5, 0.6) is 0 Å². The highest BCUT2D eigenvalue weighted by Gasteiger charge is 2.10. The van der Waals surface area contributed by atoms with Crippen LogP contribution in [0, 0.1) is 13.8 Å². The lowest BCUT2D eigenvalue weighted by molar-refractivity contribution is 0.863. The molecule has 4 heteroatoms. The second-order valence-corrected chi connectivity index (χ2v) is 5.74. The lowest BCUT2D eigenvalue weighted by Gasteiger charge is -2.18. The highest BCUT2D eigenvalue weighted by Crippen LogP contribution is 2.24. The Balaban J connectivity index is 2.48. The van der Waals surface area contributed by atoms with Gasteiger partial charge in [0.25, 0.3) is 0 Å². The van der Waals surface area contributed by atoms with Crippen LogP contribution in [0.15, 0.2) is 24.4 Å². The average molecular weight is 272 g/mol. The Kier molecular flexibility index (Phi) is 4.02. The Morgan fingerprint density at radius 1 is 1.20 bits per heavy atom. The molecule has 108 valence electrons. The standard InChI is InChI=1S/C16H24N4/c1-11(2)17-16-18-13(4)10-20(16)14-8-7-12(3)15(9-14)19(5)6/h7-11H,1-6H3,(H,17,18). The summed E-state index contributed by atoms with van der Waals surface area (Å²) in [7, 11) is 4.14. The minimum Gasteiger partial charge on any atom is -0.377 e. The summed E-state index contributed by atoms with van der Waals surface area (Å²) in [6, 6.07) is 6.84. The predicted octanol–water partition coefficient (Wildman–Crippen LogP) is 3.38. The van der Waals surface area contributed by atoms with E-state index in [0.717, 1.165) is 17.3 Å². The van der Waals surface area contributed by atoms with Gasteiger partial charge in [0.1, 0.15) is 0 Å². The van der Waals surface area contributed by atoms with Crippen molar-refractivity contribution in [3.05, 3.63) is 35.7 Å². The molecular weight excluding hydrogens is 248 g/mol. The second-order valence-electron chi connectivity index (χ2n) is 5.74. The number of anilines is 2. The van der Waals surface area contributed by atoms with Crippen molar-refractivity contribution in [1.29, 1.82) is 0 Å². The molecule has 0 aliphatic rings. The van der Waals surface area contributed by atoms with E-state index in [4.69, 9.17) is 0 Å². The number of aromatic nitrogens is 2. The fourth-order valence-electron chi connectivity index (χ4n) is 2.28. The summed E-state index contributed by atoms with van der Waals surface area (Å²) in [5.74, 6) is 0.894. The van der Waals surface area contributed by atoms with Crippen LogP contribution in [0.25, 0.3) is 5.69 Å². The molecule has 1 N–H and O–H groups in total. The van der Waals surface area contributed by atoms with Crippen LogP contribution in [-0.2, 0) is 0 Å². The molecule has 0 bridgehead atoms. The maximum Gasteiger partial charge on any atom is 0.207 e. The predicted molar refractivity (Wildman–Crippen MR) is 86.1 cm³/mol. The lowest BCUT2D eigenvalue weighted by Crippen LogP contribution is -2.14. The summed E-state index contributed by atoms with van der Waals surface area (Å²) in [5.41, 5.74) is 4.64. The quantitative estimate of drug-likeness (QED) is 0.926. The number of nitrogens with one attached hydrogen (secondary N) is 1. The van der Waals surface area contributed by atoms with Gasteiger partial charge in [0.05, 0.1) is 11.4 Å². The van der Waals surface area contributed by atoms with E-state index in [1.807, 2.05) is 6.92 Å². The molecule has 20 heavy (non-hydrogen) atoms. The van der Waals surface area contributed by atoms with Crippen molar-refractivity contribution in [2.24, 2.45) is 0 Å². The van der Waals surface area contributed by atoms with E-state index in [9.17, 15) is 0 Å².